The highest BCUT2D eigenvalue weighted by atomic mass is 19.1. The Morgan fingerprint density at radius 1 is 1.05 bits per heavy atom. The van der Waals surface area contributed by atoms with Crippen molar-refractivity contribution in [3.05, 3.63) is 59.8 Å². The molecule has 5 heteroatoms. The highest BCUT2D eigenvalue weighted by molar-refractivity contribution is 5.82. The number of rotatable bonds is 3. The van der Waals surface area contributed by atoms with Crippen molar-refractivity contribution in [2.75, 3.05) is 5.32 Å². The molecule has 1 N–H and O–H groups in total. The summed E-state index contributed by atoms with van der Waals surface area (Å²) in [6.45, 7) is 0.263. The van der Waals surface area contributed by atoms with Crippen LogP contribution in [0, 0.1) is 11.6 Å². The smallest absolute Gasteiger partial charge is 0.149 e. The highest BCUT2D eigenvalue weighted by Crippen LogP contribution is 2.21. The minimum atomic E-state index is -0.606. The van der Waals surface area contributed by atoms with E-state index >= 15 is 0 Å². The lowest BCUT2D eigenvalue weighted by Gasteiger charge is -2.07. The molecule has 0 aliphatic carbocycles. The van der Waals surface area contributed by atoms with Crippen molar-refractivity contribution in [2.45, 2.75) is 6.54 Å². The number of aromatic nitrogens is 2. The van der Waals surface area contributed by atoms with Gasteiger partial charge in [-0.1, -0.05) is 24.3 Å². The molecular formula is C15H13F2N3. The molecule has 1 heterocycles. The third kappa shape index (κ3) is 2.11. The zero-order valence-corrected chi connectivity index (χ0v) is 10.9. The topological polar surface area (TPSA) is 29.9 Å². The van der Waals surface area contributed by atoms with Gasteiger partial charge in [-0.25, -0.2) is 8.78 Å². The van der Waals surface area contributed by atoms with Crippen molar-refractivity contribution in [3.63, 3.8) is 0 Å². The van der Waals surface area contributed by atoms with Crippen molar-refractivity contribution >= 4 is 16.6 Å². The third-order valence-electron chi connectivity index (χ3n) is 3.23. The number of para-hydroxylation sites is 2. The summed E-state index contributed by atoms with van der Waals surface area (Å²) < 4.78 is 28.8. The first-order chi connectivity index (χ1) is 9.66. The Balaban J connectivity index is 1.91. The SMILES string of the molecule is Cn1nc(CNc2c(F)cccc2F)c2ccccc21. The normalized spacial score (nSPS) is 10.9. The van der Waals surface area contributed by atoms with Gasteiger partial charge in [0.1, 0.15) is 17.3 Å². The summed E-state index contributed by atoms with van der Waals surface area (Å²) in [5.41, 5.74) is 1.62. The predicted octanol–water partition coefficient (Wildman–Crippen LogP) is 3.46. The van der Waals surface area contributed by atoms with Crippen molar-refractivity contribution in [3.8, 4) is 0 Å². The van der Waals surface area contributed by atoms with Crippen molar-refractivity contribution in [1.29, 1.82) is 0 Å². The van der Waals surface area contributed by atoms with Crippen LogP contribution in [0.15, 0.2) is 42.5 Å². The molecule has 0 saturated carbocycles. The zero-order chi connectivity index (χ0) is 14.1. The lowest BCUT2D eigenvalue weighted by molar-refractivity contribution is 0.587. The van der Waals surface area contributed by atoms with Crippen molar-refractivity contribution in [2.24, 2.45) is 7.05 Å². The highest BCUT2D eigenvalue weighted by Gasteiger charge is 2.11. The second kappa shape index (κ2) is 4.92. The summed E-state index contributed by atoms with van der Waals surface area (Å²) in [6.07, 6.45) is 0. The molecule has 0 saturated heterocycles. The van der Waals surface area contributed by atoms with E-state index in [-0.39, 0.29) is 12.2 Å². The average Bonchev–Trinajstić information content (AvgIpc) is 2.76. The molecule has 3 nitrogen and oxygen atoms in total. The fourth-order valence-electron chi connectivity index (χ4n) is 2.26. The Morgan fingerprint density at radius 3 is 2.50 bits per heavy atom. The number of benzene rings is 2. The lowest BCUT2D eigenvalue weighted by Crippen LogP contribution is -2.05. The molecule has 2 aromatic carbocycles. The molecule has 20 heavy (non-hydrogen) atoms. The van der Waals surface area contributed by atoms with Crippen LogP contribution in [-0.2, 0) is 13.6 Å². The molecule has 0 aliphatic heterocycles. The van der Waals surface area contributed by atoms with Crippen LogP contribution >= 0.6 is 0 Å². The van der Waals surface area contributed by atoms with Gasteiger partial charge in [0, 0.05) is 12.4 Å². The molecule has 0 radical (unpaired) electrons. The maximum absolute atomic E-state index is 13.5. The number of aryl methyl sites for hydroxylation is 1. The van der Waals surface area contributed by atoms with Gasteiger partial charge in [-0.15, -0.1) is 0 Å². The Labute approximate surface area is 114 Å². The summed E-state index contributed by atoms with van der Waals surface area (Å²) >= 11 is 0. The van der Waals surface area contributed by atoms with E-state index in [1.54, 1.807) is 4.68 Å². The summed E-state index contributed by atoms with van der Waals surface area (Å²) in [7, 11) is 1.84. The molecule has 0 amide bonds. The minimum absolute atomic E-state index is 0.123. The molecular weight excluding hydrogens is 260 g/mol. The number of halogens is 2. The van der Waals surface area contributed by atoms with Gasteiger partial charge in [0.15, 0.2) is 0 Å². The van der Waals surface area contributed by atoms with Crippen LogP contribution in [0.4, 0.5) is 14.5 Å². The van der Waals surface area contributed by atoms with Gasteiger partial charge < -0.3 is 5.32 Å². The third-order valence-corrected chi connectivity index (χ3v) is 3.23. The van der Waals surface area contributed by atoms with Crippen LogP contribution < -0.4 is 5.32 Å². The van der Waals surface area contributed by atoms with Crippen molar-refractivity contribution in [1.82, 2.24) is 9.78 Å². The van der Waals surface area contributed by atoms with Gasteiger partial charge in [-0.3, -0.25) is 4.68 Å². The van der Waals surface area contributed by atoms with E-state index in [0.29, 0.717) is 0 Å². The van der Waals surface area contributed by atoms with E-state index in [9.17, 15) is 8.78 Å². The molecule has 0 fully saturated rings. The van der Waals surface area contributed by atoms with Gasteiger partial charge in [-0.2, -0.15) is 5.10 Å². The molecule has 0 bridgehead atoms. The first-order valence-corrected chi connectivity index (χ1v) is 6.25. The van der Waals surface area contributed by atoms with Crippen LogP contribution in [0.5, 0.6) is 0 Å². The minimum Gasteiger partial charge on any atom is -0.375 e. The molecule has 3 aromatic rings. The second-order valence-electron chi connectivity index (χ2n) is 4.54. The number of hydrogen-bond acceptors (Lipinski definition) is 2. The van der Waals surface area contributed by atoms with Crippen LogP contribution in [0.25, 0.3) is 10.9 Å². The molecule has 1 aromatic heterocycles. The Morgan fingerprint density at radius 2 is 1.75 bits per heavy atom. The maximum Gasteiger partial charge on any atom is 0.149 e. The molecule has 3 rings (SSSR count). The van der Waals surface area contributed by atoms with Gasteiger partial charge in [0.25, 0.3) is 0 Å². The van der Waals surface area contributed by atoms with Gasteiger partial charge in [0.05, 0.1) is 17.8 Å². The molecule has 0 aliphatic rings. The average molecular weight is 273 g/mol. The number of anilines is 1. The molecule has 0 atom stereocenters. The fraction of sp³-hybridized carbons (Fsp3) is 0.133. The monoisotopic (exact) mass is 273 g/mol. The molecule has 0 unspecified atom stereocenters. The van der Waals surface area contributed by atoms with Crippen LogP contribution in [-0.4, -0.2) is 9.78 Å². The molecule has 0 spiro atoms. The largest absolute Gasteiger partial charge is 0.375 e. The van der Waals surface area contributed by atoms with Crippen LogP contribution in [0.2, 0.25) is 0 Å². The van der Waals surface area contributed by atoms with Gasteiger partial charge in [-0.05, 0) is 18.2 Å². The summed E-state index contributed by atoms with van der Waals surface area (Å²) in [4.78, 5) is 0. The van der Waals surface area contributed by atoms with Gasteiger partial charge >= 0.3 is 0 Å². The number of nitrogens with one attached hydrogen (secondary N) is 1. The summed E-state index contributed by atoms with van der Waals surface area (Å²) in [6, 6.07) is 11.5. The first kappa shape index (κ1) is 12.6. The summed E-state index contributed by atoms with van der Waals surface area (Å²) in [5, 5.41) is 8.12. The predicted molar refractivity (Wildman–Crippen MR) is 74.4 cm³/mol. The van der Waals surface area contributed by atoms with E-state index in [2.05, 4.69) is 10.4 Å². The Kier molecular flexibility index (Phi) is 3.10. The van der Waals surface area contributed by atoms with E-state index in [0.717, 1.165) is 16.6 Å². The summed E-state index contributed by atoms with van der Waals surface area (Å²) in [5.74, 6) is -1.21. The number of fused-ring (bicyclic) bond motifs is 1. The lowest BCUT2D eigenvalue weighted by atomic mass is 10.2. The first-order valence-electron chi connectivity index (χ1n) is 6.25. The van der Waals surface area contributed by atoms with Crippen LogP contribution in [0.3, 0.4) is 0 Å². The maximum atomic E-state index is 13.5. The van der Waals surface area contributed by atoms with Crippen molar-refractivity contribution < 1.29 is 8.78 Å². The Hall–Kier alpha value is -2.43. The zero-order valence-electron chi connectivity index (χ0n) is 10.9. The van der Waals surface area contributed by atoms with E-state index in [4.69, 9.17) is 0 Å². The second-order valence-corrected chi connectivity index (χ2v) is 4.54. The van der Waals surface area contributed by atoms with Gasteiger partial charge in [0.2, 0.25) is 0 Å². The standard InChI is InChI=1S/C15H13F2N3/c1-20-14-8-3-2-5-10(14)13(19-20)9-18-15-11(16)6-4-7-12(15)17/h2-8,18H,9H2,1H3. The quantitative estimate of drug-likeness (QED) is 0.792. The van der Waals surface area contributed by atoms with E-state index in [1.165, 1.54) is 18.2 Å². The van der Waals surface area contributed by atoms with E-state index in [1.807, 2.05) is 31.3 Å². The van der Waals surface area contributed by atoms with Crippen LogP contribution in [0.1, 0.15) is 5.69 Å². The molecule has 102 valence electrons. The number of hydrogen-bond donors (Lipinski definition) is 1. The fourth-order valence-corrected chi connectivity index (χ4v) is 2.26. The Bertz CT molecular complexity index is 745. The number of nitrogens with zero attached hydrogens (tertiary/aromatic N) is 2. The van der Waals surface area contributed by atoms with E-state index < -0.39 is 11.6 Å².